The zero-order chi connectivity index (χ0) is 19.4. The van der Waals surface area contributed by atoms with E-state index in [9.17, 15) is 4.79 Å². The number of hydrogen-bond acceptors (Lipinski definition) is 3. The van der Waals surface area contributed by atoms with Crippen molar-refractivity contribution in [3.63, 3.8) is 0 Å². The van der Waals surface area contributed by atoms with Crippen LogP contribution in [0.5, 0.6) is 0 Å². The number of hydrogen-bond donors (Lipinski definition) is 0. The van der Waals surface area contributed by atoms with Crippen molar-refractivity contribution in [2.24, 2.45) is 39.6 Å². The fourth-order valence-electron chi connectivity index (χ4n) is 8.01. The summed E-state index contributed by atoms with van der Waals surface area (Å²) in [4.78, 5) is 14.9. The predicted octanol–water partition coefficient (Wildman–Crippen LogP) is 6.03. The number of rotatable bonds is 2. The van der Waals surface area contributed by atoms with Crippen LogP contribution < -0.4 is 0 Å². The van der Waals surface area contributed by atoms with Gasteiger partial charge in [-0.1, -0.05) is 32.3 Å². The van der Waals surface area contributed by atoms with Gasteiger partial charge in [-0.05, 0) is 91.4 Å². The van der Waals surface area contributed by atoms with Crippen molar-refractivity contribution in [3.05, 3.63) is 10.4 Å². The molecule has 0 aromatic heterocycles. The third-order valence-electron chi connectivity index (χ3n) is 9.41. The first-order valence-electron chi connectivity index (χ1n) is 11.0. The summed E-state index contributed by atoms with van der Waals surface area (Å²) in [5.41, 5.74) is 9.27. The summed E-state index contributed by atoms with van der Waals surface area (Å²) in [5, 5.41) is 4.14. The van der Waals surface area contributed by atoms with E-state index in [0.29, 0.717) is 11.3 Å². The Balaban J connectivity index is 1.65. The summed E-state index contributed by atoms with van der Waals surface area (Å²) in [6.07, 6.45) is 10.8. The number of esters is 1. The summed E-state index contributed by atoms with van der Waals surface area (Å²) in [7, 11) is 0. The zero-order valence-corrected chi connectivity index (χ0v) is 17.4. The van der Waals surface area contributed by atoms with Crippen molar-refractivity contribution >= 4 is 5.97 Å². The molecule has 27 heavy (non-hydrogen) atoms. The molecule has 0 spiro atoms. The molecule has 0 saturated heterocycles. The van der Waals surface area contributed by atoms with Crippen LogP contribution in [0.25, 0.3) is 10.4 Å². The number of fused-ring (bicyclic) bond motifs is 5. The third kappa shape index (κ3) is 2.88. The molecule has 0 unspecified atom stereocenters. The third-order valence-corrected chi connectivity index (χ3v) is 9.41. The molecule has 4 aliphatic carbocycles. The molecule has 0 aromatic carbocycles. The van der Waals surface area contributed by atoms with Gasteiger partial charge >= 0.3 is 5.97 Å². The highest BCUT2D eigenvalue weighted by Gasteiger charge is 2.61. The molecule has 0 amide bonds. The maximum absolute atomic E-state index is 11.8. The molecular weight excluding hydrogens is 338 g/mol. The quantitative estimate of drug-likeness (QED) is 0.256. The number of carbonyl (C=O) groups is 1. The molecule has 0 radical (unpaired) electrons. The Morgan fingerprint density at radius 2 is 1.85 bits per heavy atom. The van der Waals surface area contributed by atoms with Crippen molar-refractivity contribution in [3.8, 4) is 0 Å². The topological polar surface area (TPSA) is 75.1 Å². The molecule has 0 aliphatic heterocycles. The molecule has 5 heteroatoms. The van der Waals surface area contributed by atoms with E-state index in [1.165, 1.54) is 51.9 Å². The fraction of sp³-hybridized carbons (Fsp3) is 0.955. The molecular formula is C22H35N3O2. The van der Waals surface area contributed by atoms with E-state index in [4.69, 9.17) is 10.3 Å². The lowest BCUT2D eigenvalue weighted by Gasteiger charge is -2.62. The van der Waals surface area contributed by atoms with Crippen LogP contribution in [0.3, 0.4) is 0 Å². The lowest BCUT2D eigenvalue weighted by atomic mass is 9.44. The summed E-state index contributed by atoms with van der Waals surface area (Å²) in [5.74, 6) is 2.73. The van der Waals surface area contributed by atoms with Gasteiger partial charge in [0, 0.05) is 11.8 Å². The number of ether oxygens (including phenoxy) is 1. The highest BCUT2D eigenvalue weighted by molar-refractivity contribution is 5.66. The first kappa shape index (κ1) is 19.1. The first-order chi connectivity index (χ1) is 12.7. The molecule has 0 heterocycles. The van der Waals surface area contributed by atoms with Crippen molar-refractivity contribution in [1.82, 2.24) is 0 Å². The monoisotopic (exact) mass is 373 g/mol. The Morgan fingerprint density at radius 1 is 1.07 bits per heavy atom. The van der Waals surface area contributed by atoms with Crippen LogP contribution in [0.1, 0.15) is 85.5 Å². The van der Waals surface area contributed by atoms with Crippen LogP contribution in [0.15, 0.2) is 5.11 Å². The first-order valence-corrected chi connectivity index (χ1v) is 11.0. The second-order valence-corrected chi connectivity index (χ2v) is 10.8. The van der Waals surface area contributed by atoms with Gasteiger partial charge in [0.25, 0.3) is 0 Å². The van der Waals surface area contributed by atoms with Gasteiger partial charge in [-0.3, -0.25) is 4.79 Å². The van der Waals surface area contributed by atoms with Gasteiger partial charge < -0.3 is 4.74 Å². The maximum Gasteiger partial charge on any atom is 0.302 e. The fourth-order valence-corrected chi connectivity index (χ4v) is 8.01. The Labute approximate surface area is 163 Å². The van der Waals surface area contributed by atoms with Crippen LogP contribution in [0.2, 0.25) is 0 Å². The largest absolute Gasteiger partial charge is 0.462 e. The minimum Gasteiger partial charge on any atom is -0.462 e. The number of carbonyl (C=O) groups excluding carboxylic acids is 1. The van der Waals surface area contributed by atoms with E-state index in [-0.39, 0.29) is 17.5 Å². The van der Waals surface area contributed by atoms with Crippen LogP contribution in [-0.4, -0.2) is 17.6 Å². The van der Waals surface area contributed by atoms with Gasteiger partial charge in [0.15, 0.2) is 0 Å². The molecule has 4 saturated carbocycles. The number of azide groups is 1. The lowest BCUT2D eigenvalue weighted by Crippen LogP contribution is -2.59. The van der Waals surface area contributed by atoms with E-state index in [1.807, 2.05) is 6.92 Å². The highest BCUT2D eigenvalue weighted by atomic mass is 16.5. The Bertz CT molecular complexity index is 674. The van der Waals surface area contributed by atoms with Gasteiger partial charge in [-0.15, -0.1) is 0 Å². The Kier molecular flexibility index (Phi) is 4.53. The van der Waals surface area contributed by atoms with E-state index in [2.05, 4.69) is 23.9 Å². The predicted molar refractivity (Wildman–Crippen MR) is 105 cm³/mol. The van der Waals surface area contributed by atoms with Crippen molar-refractivity contribution < 1.29 is 9.53 Å². The molecule has 4 aliphatic rings. The zero-order valence-electron chi connectivity index (χ0n) is 17.4. The molecule has 5 nitrogen and oxygen atoms in total. The van der Waals surface area contributed by atoms with Gasteiger partial charge in [0.1, 0.15) is 6.10 Å². The highest BCUT2D eigenvalue weighted by Crippen LogP contribution is 2.67. The van der Waals surface area contributed by atoms with E-state index >= 15 is 0 Å². The van der Waals surface area contributed by atoms with Gasteiger partial charge in [0.2, 0.25) is 0 Å². The molecule has 8 atom stereocenters. The standard InChI is InChI=1S/C22H35N3O2/c1-14(26)27-19-13-21(3)15(12-22(19,4)24-25-23)7-8-16-17-6-5-10-20(17,2)11-9-18(16)21/h15-19H,5-13H2,1-4H3/t15-,16-,17-,18-,19-,20-,21-,22-/m0/s1. The molecule has 4 rings (SSSR count). The molecule has 0 N–H and O–H groups in total. The van der Waals surface area contributed by atoms with Crippen LogP contribution in [0, 0.1) is 34.5 Å². The second kappa shape index (κ2) is 6.40. The smallest absolute Gasteiger partial charge is 0.302 e. The maximum atomic E-state index is 11.8. The molecule has 0 aromatic rings. The Morgan fingerprint density at radius 3 is 2.56 bits per heavy atom. The SMILES string of the molecule is CC(=O)O[C@H]1C[C@@]2(C)[C@@H](CC[C@H]3[C@@H]4CCC[C@@]4(C)CC[C@@H]32)C[C@]1(C)N=[N+]=[N-]. The van der Waals surface area contributed by atoms with E-state index < -0.39 is 5.54 Å². The van der Waals surface area contributed by atoms with Crippen molar-refractivity contribution in [2.45, 2.75) is 97.1 Å². The van der Waals surface area contributed by atoms with Gasteiger partial charge in [0.05, 0.1) is 5.54 Å². The summed E-state index contributed by atoms with van der Waals surface area (Å²) in [6.45, 7) is 8.45. The van der Waals surface area contributed by atoms with Crippen LogP contribution in [-0.2, 0) is 9.53 Å². The minimum atomic E-state index is -0.617. The van der Waals surface area contributed by atoms with Gasteiger partial charge in [-0.2, -0.15) is 0 Å². The normalized spacial score (nSPS) is 51.3. The van der Waals surface area contributed by atoms with Crippen LogP contribution in [0.4, 0.5) is 0 Å². The summed E-state index contributed by atoms with van der Waals surface area (Å²) in [6, 6.07) is 0. The molecule has 4 fully saturated rings. The summed E-state index contributed by atoms with van der Waals surface area (Å²) < 4.78 is 5.76. The van der Waals surface area contributed by atoms with Crippen molar-refractivity contribution in [2.75, 3.05) is 0 Å². The van der Waals surface area contributed by atoms with Crippen molar-refractivity contribution in [1.29, 1.82) is 0 Å². The molecule has 150 valence electrons. The average molecular weight is 374 g/mol. The van der Waals surface area contributed by atoms with Crippen LogP contribution >= 0.6 is 0 Å². The van der Waals surface area contributed by atoms with E-state index in [0.717, 1.165) is 30.6 Å². The minimum absolute atomic E-state index is 0.192. The van der Waals surface area contributed by atoms with Gasteiger partial charge in [-0.25, -0.2) is 0 Å². The number of nitrogens with zero attached hydrogens (tertiary/aromatic N) is 3. The molecule has 0 bridgehead atoms. The second-order valence-electron chi connectivity index (χ2n) is 10.8. The van der Waals surface area contributed by atoms with E-state index in [1.54, 1.807) is 0 Å². The lowest BCUT2D eigenvalue weighted by molar-refractivity contribution is -0.173. The average Bonchev–Trinajstić information content (AvgIpc) is 2.98. The summed E-state index contributed by atoms with van der Waals surface area (Å²) >= 11 is 0. The Hall–Kier alpha value is -1.22.